The molecular weight excluding hydrogens is 430 g/mol. The zero-order chi connectivity index (χ0) is 21.8. The van der Waals surface area contributed by atoms with Crippen LogP contribution in [0.4, 0.5) is 0 Å². The Kier molecular flexibility index (Phi) is 3.97. The molecule has 7 rings (SSSR count). The van der Waals surface area contributed by atoms with Crippen LogP contribution in [-0.4, -0.2) is 20.5 Å². The van der Waals surface area contributed by atoms with Gasteiger partial charge in [0.1, 0.15) is 4.83 Å². The van der Waals surface area contributed by atoms with Crippen molar-refractivity contribution in [3.8, 4) is 11.4 Å². The van der Waals surface area contributed by atoms with E-state index in [1.54, 1.807) is 11.3 Å². The van der Waals surface area contributed by atoms with Crippen LogP contribution in [0, 0.1) is 0 Å². The molecule has 3 aromatic heterocycles. The lowest BCUT2D eigenvalue weighted by atomic mass is 10.1. The largest absolute Gasteiger partial charge is 0.446 e. The molecule has 0 saturated heterocycles. The molecule has 7 heteroatoms. The number of thiophene rings is 1. The number of aromatic nitrogens is 3. The maximum atomic E-state index is 6.20. The van der Waals surface area contributed by atoms with Crippen LogP contribution < -0.4 is 5.43 Å². The van der Waals surface area contributed by atoms with E-state index < -0.39 is 0 Å². The van der Waals surface area contributed by atoms with E-state index >= 15 is 0 Å². The van der Waals surface area contributed by atoms with E-state index in [4.69, 9.17) is 14.8 Å². The van der Waals surface area contributed by atoms with Gasteiger partial charge in [-0.1, -0.05) is 66.7 Å². The normalized spacial score (nSPS) is 15.6. The van der Waals surface area contributed by atoms with Crippen molar-refractivity contribution in [2.24, 2.45) is 5.10 Å². The molecule has 0 radical (unpaired) electrons. The third kappa shape index (κ3) is 2.97. The van der Waals surface area contributed by atoms with Crippen molar-refractivity contribution in [2.75, 3.05) is 0 Å². The predicted molar refractivity (Wildman–Crippen MR) is 131 cm³/mol. The predicted octanol–water partition coefficient (Wildman–Crippen LogP) is 5.74. The van der Waals surface area contributed by atoms with E-state index in [0.717, 1.165) is 37.9 Å². The molecule has 0 saturated carbocycles. The van der Waals surface area contributed by atoms with Gasteiger partial charge in [-0.3, -0.25) is 5.43 Å². The van der Waals surface area contributed by atoms with E-state index in [1.807, 2.05) is 47.0 Å². The van der Waals surface area contributed by atoms with Crippen molar-refractivity contribution in [2.45, 2.75) is 6.23 Å². The molecule has 4 heterocycles. The van der Waals surface area contributed by atoms with E-state index in [0.29, 0.717) is 11.7 Å². The molecular formula is C26H17N5OS. The van der Waals surface area contributed by atoms with Crippen molar-refractivity contribution in [3.05, 3.63) is 101 Å². The van der Waals surface area contributed by atoms with Crippen LogP contribution in [-0.2, 0) is 4.74 Å². The fraction of sp³-hybridized carbons (Fsp3) is 0.0385. The van der Waals surface area contributed by atoms with Gasteiger partial charge in [0.25, 0.3) is 0 Å². The van der Waals surface area contributed by atoms with Crippen molar-refractivity contribution in [3.63, 3.8) is 0 Å². The van der Waals surface area contributed by atoms with Crippen LogP contribution >= 0.6 is 11.3 Å². The molecule has 1 atom stereocenters. The number of nitrogens with zero attached hydrogens (tertiary/aromatic N) is 4. The number of hydrogen-bond acceptors (Lipinski definition) is 6. The van der Waals surface area contributed by atoms with Gasteiger partial charge in [0, 0.05) is 16.5 Å². The Bertz CT molecular complexity index is 1690. The monoisotopic (exact) mass is 447 g/mol. The van der Waals surface area contributed by atoms with Crippen LogP contribution in [0.2, 0.25) is 0 Å². The number of nitrogens with one attached hydrogen (secondary N) is 1. The first-order valence-electron chi connectivity index (χ1n) is 10.6. The Labute approximate surface area is 192 Å². The molecule has 1 aliphatic heterocycles. The Balaban J connectivity index is 1.36. The van der Waals surface area contributed by atoms with Gasteiger partial charge in [0.2, 0.25) is 12.1 Å². The third-order valence-corrected chi connectivity index (χ3v) is 6.77. The summed E-state index contributed by atoms with van der Waals surface area (Å²) in [4.78, 5) is 5.97. The quantitative estimate of drug-likeness (QED) is 0.376. The summed E-state index contributed by atoms with van der Waals surface area (Å²) in [5, 5.41) is 14.9. The van der Waals surface area contributed by atoms with Crippen LogP contribution in [0.3, 0.4) is 0 Å². The molecule has 0 amide bonds. The van der Waals surface area contributed by atoms with Gasteiger partial charge >= 0.3 is 0 Å². The number of pyridine rings is 1. The number of hydrogen-bond donors (Lipinski definition) is 1. The Morgan fingerprint density at radius 1 is 0.848 bits per heavy atom. The fourth-order valence-electron chi connectivity index (χ4n) is 4.23. The van der Waals surface area contributed by atoms with Crippen molar-refractivity contribution in [1.29, 1.82) is 0 Å². The second-order valence-corrected chi connectivity index (χ2v) is 8.82. The van der Waals surface area contributed by atoms with Crippen molar-refractivity contribution in [1.82, 2.24) is 20.0 Å². The molecule has 1 unspecified atom stereocenters. The van der Waals surface area contributed by atoms with Gasteiger partial charge in [-0.25, -0.2) is 9.50 Å². The first kappa shape index (κ1) is 18.4. The second kappa shape index (κ2) is 7.15. The van der Waals surface area contributed by atoms with Crippen LogP contribution in [0.5, 0.6) is 0 Å². The van der Waals surface area contributed by atoms with Crippen molar-refractivity contribution >= 4 is 43.9 Å². The molecule has 3 aromatic carbocycles. The summed E-state index contributed by atoms with van der Waals surface area (Å²) in [5.74, 6) is 1.19. The smallest absolute Gasteiger partial charge is 0.244 e. The summed E-state index contributed by atoms with van der Waals surface area (Å²) in [7, 11) is 0. The fourth-order valence-corrected chi connectivity index (χ4v) is 5.06. The lowest BCUT2D eigenvalue weighted by molar-refractivity contribution is 0.192. The summed E-state index contributed by atoms with van der Waals surface area (Å²) in [6, 6.07) is 28.8. The third-order valence-electron chi connectivity index (χ3n) is 5.87. The van der Waals surface area contributed by atoms with E-state index in [-0.39, 0.29) is 6.23 Å². The maximum absolute atomic E-state index is 6.20. The average molecular weight is 448 g/mol. The van der Waals surface area contributed by atoms with Gasteiger partial charge in [-0.05, 0) is 34.4 Å². The van der Waals surface area contributed by atoms with Gasteiger partial charge in [-0.15, -0.1) is 21.5 Å². The SMILES string of the molecule is c1ccc(C2NN=C(c3cc4ccsc4n4nc(-c5ccc6ccccc6c5)nc34)O2)cc1. The van der Waals surface area contributed by atoms with Gasteiger partial charge in [0.05, 0.1) is 5.56 Å². The van der Waals surface area contributed by atoms with Crippen molar-refractivity contribution < 1.29 is 4.74 Å². The number of hydrazone groups is 1. The molecule has 1 N–H and O–H groups in total. The molecule has 1 aliphatic rings. The minimum Gasteiger partial charge on any atom is -0.446 e. The number of ether oxygens (including phenoxy) is 1. The summed E-state index contributed by atoms with van der Waals surface area (Å²) >= 11 is 1.64. The second-order valence-electron chi connectivity index (χ2n) is 7.93. The highest BCUT2D eigenvalue weighted by atomic mass is 32.1. The average Bonchev–Trinajstić information content (AvgIpc) is 3.63. The summed E-state index contributed by atoms with van der Waals surface area (Å²) < 4.78 is 8.11. The van der Waals surface area contributed by atoms with E-state index in [1.165, 1.54) is 5.39 Å². The number of rotatable bonds is 3. The molecule has 0 fully saturated rings. The molecule has 6 nitrogen and oxygen atoms in total. The minimum absolute atomic E-state index is 0.331. The van der Waals surface area contributed by atoms with Crippen LogP contribution in [0.15, 0.2) is 95.4 Å². The van der Waals surface area contributed by atoms with Gasteiger partial charge in [0.15, 0.2) is 11.5 Å². The standard InChI is InChI=1S/C26H17N5OS/c1-2-7-17(8-3-1)24-28-29-25(32-24)21-15-20-12-13-33-26(20)31-23(21)27-22(30-31)19-11-10-16-6-4-5-9-18(16)14-19/h1-15,24,28H. The Morgan fingerprint density at radius 3 is 2.61 bits per heavy atom. The molecule has 0 spiro atoms. The molecule has 0 aliphatic carbocycles. The zero-order valence-electron chi connectivity index (χ0n) is 17.3. The Morgan fingerprint density at radius 2 is 1.70 bits per heavy atom. The van der Waals surface area contributed by atoms with E-state index in [9.17, 15) is 0 Å². The van der Waals surface area contributed by atoms with E-state index in [2.05, 4.69) is 58.4 Å². The highest BCUT2D eigenvalue weighted by molar-refractivity contribution is 7.16. The number of fused-ring (bicyclic) bond motifs is 4. The first-order valence-corrected chi connectivity index (χ1v) is 11.5. The summed E-state index contributed by atoms with van der Waals surface area (Å²) in [6.07, 6.45) is -0.331. The highest BCUT2D eigenvalue weighted by Crippen LogP contribution is 2.30. The van der Waals surface area contributed by atoms with Gasteiger partial charge in [-0.2, -0.15) is 0 Å². The maximum Gasteiger partial charge on any atom is 0.244 e. The first-order chi connectivity index (χ1) is 16.3. The molecule has 33 heavy (non-hydrogen) atoms. The molecule has 158 valence electrons. The summed E-state index contributed by atoms with van der Waals surface area (Å²) in [6.45, 7) is 0. The lowest BCUT2D eigenvalue weighted by Crippen LogP contribution is -2.12. The van der Waals surface area contributed by atoms with Gasteiger partial charge < -0.3 is 4.74 Å². The van der Waals surface area contributed by atoms with Crippen LogP contribution in [0.25, 0.3) is 38.0 Å². The Hall–Kier alpha value is -4.23. The zero-order valence-corrected chi connectivity index (χ0v) is 18.2. The highest BCUT2D eigenvalue weighted by Gasteiger charge is 2.26. The number of benzene rings is 3. The van der Waals surface area contributed by atoms with Crippen LogP contribution in [0.1, 0.15) is 17.4 Å². The molecule has 0 bridgehead atoms. The summed E-state index contributed by atoms with van der Waals surface area (Å²) in [5.41, 5.74) is 6.62. The topological polar surface area (TPSA) is 63.8 Å². The molecule has 6 aromatic rings. The minimum atomic E-state index is -0.331. The lowest BCUT2D eigenvalue weighted by Gasteiger charge is -2.11.